The average Bonchev–Trinajstić information content (AvgIpc) is 2.62. The number of hydrogen-bond donors (Lipinski definition) is 1. The number of halogens is 1. The molecular weight excluding hydrogens is 318 g/mol. The molecule has 1 heterocycles. The van der Waals surface area contributed by atoms with Crippen molar-refractivity contribution in [2.24, 2.45) is 0 Å². The molecule has 1 aliphatic heterocycles. The van der Waals surface area contributed by atoms with Gasteiger partial charge in [-0.2, -0.15) is 0 Å². The van der Waals surface area contributed by atoms with Gasteiger partial charge in [0.05, 0.1) is 6.10 Å². The molecule has 0 saturated carbocycles. The van der Waals surface area contributed by atoms with E-state index in [0.717, 1.165) is 25.9 Å². The number of fused-ring (bicyclic) bond motifs is 1. The lowest BCUT2D eigenvalue weighted by molar-refractivity contribution is 0.0294. The van der Waals surface area contributed by atoms with Crippen LogP contribution in [0.1, 0.15) is 35.4 Å². The van der Waals surface area contributed by atoms with Crippen LogP contribution >= 0.6 is 12.4 Å². The van der Waals surface area contributed by atoms with Crippen molar-refractivity contribution in [3.8, 4) is 0 Å². The van der Waals surface area contributed by atoms with Gasteiger partial charge in [-0.15, -0.1) is 12.4 Å². The Hall–Kier alpha value is -1.35. The van der Waals surface area contributed by atoms with E-state index in [-0.39, 0.29) is 18.5 Å². The zero-order valence-corrected chi connectivity index (χ0v) is 14.8. The van der Waals surface area contributed by atoms with Crippen molar-refractivity contribution < 1.29 is 5.11 Å². The molecule has 1 saturated heterocycles. The van der Waals surface area contributed by atoms with Crippen LogP contribution in [0.15, 0.2) is 54.6 Å². The average molecular weight is 344 g/mol. The Balaban J connectivity index is 0.00000169. The number of hydrogen-bond acceptors (Lipinski definition) is 2. The minimum Gasteiger partial charge on any atom is -0.391 e. The highest BCUT2D eigenvalue weighted by molar-refractivity contribution is 5.85. The van der Waals surface area contributed by atoms with Gasteiger partial charge >= 0.3 is 0 Å². The van der Waals surface area contributed by atoms with E-state index in [9.17, 15) is 5.11 Å². The Labute approximate surface area is 150 Å². The lowest BCUT2D eigenvalue weighted by Gasteiger charge is -2.42. The fourth-order valence-electron chi connectivity index (χ4n) is 4.34. The fourth-order valence-corrected chi connectivity index (χ4v) is 4.34. The van der Waals surface area contributed by atoms with Crippen molar-refractivity contribution in [3.63, 3.8) is 0 Å². The number of piperidine rings is 1. The number of likely N-dealkylation sites (tertiary alicyclic amines) is 1. The molecule has 0 unspecified atom stereocenters. The molecule has 1 fully saturated rings. The Kier molecular flexibility index (Phi) is 5.60. The summed E-state index contributed by atoms with van der Waals surface area (Å²) in [5.41, 5.74) is 4.23. The largest absolute Gasteiger partial charge is 0.391 e. The van der Waals surface area contributed by atoms with Crippen LogP contribution in [-0.2, 0) is 12.8 Å². The Morgan fingerprint density at radius 1 is 0.792 bits per heavy atom. The summed E-state index contributed by atoms with van der Waals surface area (Å²) in [4.78, 5) is 2.53. The van der Waals surface area contributed by atoms with E-state index in [1.54, 1.807) is 0 Å². The zero-order valence-electron chi connectivity index (χ0n) is 14.0. The van der Waals surface area contributed by atoms with Crippen LogP contribution in [0.4, 0.5) is 0 Å². The summed E-state index contributed by atoms with van der Waals surface area (Å²) in [5.74, 6) is 0.681. The predicted molar refractivity (Wildman–Crippen MR) is 101 cm³/mol. The number of rotatable bonds is 2. The van der Waals surface area contributed by atoms with E-state index < -0.39 is 0 Å². The van der Waals surface area contributed by atoms with E-state index in [1.807, 2.05) is 0 Å². The van der Waals surface area contributed by atoms with Gasteiger partial charge in [0.1, 0.15) is 0 Å². The molecular formula is C21H26ClNO. The van der Waals surface area contributed by atoms with Gasteiger partial charge in [0.2, 0.25) is 0 Å². The first-order valence-corrected chi connectivity index (χ1v) is 8.85. The molecule has 1 N–H and O–H groups in total. The molecule has 3 heteroatoms. The van der Waals surface area contributed by atoms with E-state index >= 15 is 0 Å². The van der Waals surface area contributed by atoms with Crippen molar-refractivity contribution in [2.75, 3.05) is 13.1 Å². The Morgan fingerprint density at radius 3 is 2.04 bits per heavy atom. The first-order valence-electron chi connectivity index (χ1n) is 8.85. The molecule has 1 aliphatic carbocycles. The second-order valence-corrected chi connectivity index (χ2v) is 7.03. The summed E-state index contributed by atoms with van der Waals surface area (Å²) < 4.78 is 0. The summed E-state index contributed by atoms with van der Waals surface area (Å²) in [6.45, 7) is 2.20. The van der Waals surface area contributed by atoms with Crippen molar-refractivity contribution in [1.82, 2.24) is 4.90 Å². The number of benzene rings is 2. The maximum Gasteiger partial charge on any atom is 0.0738 e. The lowest BCUT2D eigenvalue weighted by Crippen LogP contribution is -2.50. The lowest BCUT2D eigenvalue weighted by atomic mass is 9.83. The number of aliphatic hydroxyl groups excluding tert-OH is 1. The fraction of sp³-hybridized carbons (Fsp3) is 0.429. The first kappa shape index (κ1) is 17.5. The maximum absolute atomic E-state index is 10.6. The highest BCUT2D eigenvalue weighted by Gasteiger charge is 2.33. The molecule has 0 spiro atoms. The van der Waals surface area contributed by atoms with Gasteiger partial charge < -0.3 is 5.11 Å². The van der Waals surface area contributed by atoms with Crippen LogP contribution < -0.4 is 0 Å². The summed E-state index contributed by atoms with van der Waals surface area (Å²) in [7, 11) is 0. The highest BCUT2D eigenvalue weighted by Crippen LogP contribution is 2.32. The van der Waals surface area contributed by atoms with E-state index in [2.05, 4.69) is 59.5 Å². The summed E-state index contributed by atoms with van der Waals surface area (Å²) in [6, 6.07) is 19.8. The number of nitrogens with zero attached hydrogens (tertiary/aromatic N) is 1. The number of aliphatic hydroxyl groups is 1. The second kappa shape index (κ2) is 7.69. The van der Waals surface area contributed by atoms with Crippen LogP contribution in [0.3, 0.4) is 0 Å². The molecule has 0 aromatic heterocycles. The van der Waals surface area contributed by atoms with Crippen molar-refractivity contribution in [1.29, 1.82) is 0 Å². The molecule has 2 aliphatic rings. The SMILES string of the molecule is Cl.O[C@H]1Cc2ccccc2C[C@@H]1N1CCC(c2ccccc2)CC1. The van der Waals surface area contributed by atoms with Crippen molar-refractivity contribution in [3.05, 3.63) is 71.3 Å². The summed E-state index contributed by atoms with van der Waals surface area (Å²) in [5, 5.41) is 10.6. The third-order valence-corrected chi connectivity index (χ3v) is 5.69. The molecule has 2 aromatic rings. The van der Waals surface area contributed by atoms with Gasteiger partial charge in [-0.1, -0.05) is 54.6 Å². The molecule has 2 nitrogen and oxygen atoms in total. The molecule has 0 bridgehead atoms. The van der Waals surface area contributed by atoms with Gasteiger partial charge in [0.25, 0.3) is 0 Å². The van der Waals surface area contributed by atoms with Gasteiger partial charge in [-0.3, -0.25) is 4.90 Å². The first-order chi connectivity index (χ1) is 11.3. The normalized spacial score (nSPS) is 24.9. The highest BCUT2D eigenvalue weighted by atomic mass is 35.5. The van der Waals surface area contributed by atoms with Gasteiger partial charge in [0.15, 0.2) is 0 Å². The quantitative estimate of drug-likeness (QED) is 0.896. The zero-order chi connectivity index (χ0) is 15.6. The van der Waals surface area contributed by atoms with Crippen LogP contribution in [0.5, 0.6) is 0 Å². The molecule has 2 atom stereocenters. The third kappa shape index (κ3) is 3.51. The predicted octanol–water partition coefficient (Wildman–Crippen LogP) is 3.82. The molecule has 0 amide bonds. The molecule has 2 aromatic carbocycles. The smallest absolute Gasteiger partial charge is 0.0738 e. The van der Waals surface area contributed by atoms with Crippen LogP contribution in [0, 0.1) is 0 Å². The van der Waals surface area contributed by atoms with Gasteiger partial charge in [0, 0.05) is 12.5 Å². The molecule has 128 valence electrons. The topological polar surface area (TPSA) is 23.5 Å². The molecule has 4 rings (SSSR count). The Bertz CT molecular complexity index is 652. The van der Waals surface area contributed by atoms with Gasteiger partial charge in [-0.05, 0) is 55.0 Å². The maximum atomic E-state index is 10.6. The van der Waals surface area contributed by atoms with E-state index in [1.165, 1.54) is 29.5 Å². The molecule has 0 radical (unpaired) electrons. The third-order valence-electron chi connectivity index (χ3n) is 5.69. The minimum atomic E-state index is -0.224. The minimum absolute atomic E-state index is 0. The van der Waals surface area contributed by atoms with Crippen LogP contribution in [0.25, 0.3) is 0 Å². The van der Waals surface area contributed by atoms with Crippen LogP contribution in [0.2, 0.25) is 0 Å². The Morgan fingerprint density at radius 2 is 1.38 bits per heavy atom. The van der Waals surface area contributed by atoms with E-state index in [4.69, 9.17) is 0 Å². The standard InChI is InChI=1S/C21H25NO.ClH/c23-21-15-19-9-5-4-8-18(19)14-20(21)22-12-10-17(11-13-22)16-6-2-1-3-7-16;/h1-9,17,20-21,23H,10-15H2;1H/t20-,21-;/m0./s1. The second-order valence-electron chi connectivity index (χ2n) is 7.03. The van der Waals surface area contributed by atoms with Crippen molar-refractivity contribution >= 4 is 12.4 Å². The monoisotopic (exact) mass is 343 g/mol. The van der Waals surface area contributed by atoms with Gasteiger partial charge in [-0.25, -0.2) is 0 Å². The van der Waals surface area contributed by atoms with Crippen molar-refractivity contribution in [2.45, 2.75) is 43.7 Å². The summed E-state index contributed by atoms with van der Waals surface area (Å²) >= 11 is 0. The summed E-state index contributed by atoms with van der Waals surface area (Å²) in [6.07, 6.45) is 3.98. The van der Waals surface area contributed by atoms with Crippen LogP contribution in [-0.4, -0.2) is 35.2 Å². The molecule has 24 heavy (non-hydrogen) atoms. The van der Waals surface area contributed by atoms with E-state index in [0.29, 0.717) is 12.0 Å².